The van der Waals surface area contributed by atoms with Crippen molar-refractivity contribution in [2.24, 2.45) is 0 Å². The number of phenolic OH excluding ortho intramolecular Hbond substituents is 1. The second kappa shape index (κ2) is 6.76. The van der Waals surface area contributed by atoms with Crippen LogP contribution < -0.4 is 14.2 Å². The Labute approximate surface area is 163 Å². The lowest BCUT2D eigenvalue weighted by Gasteiger charge is -2.30. The molecule has 0 aromatic heterocycles. The first-order chi connectivity index (χ1) is 13.4. The first-order valence-corrected chi connectivity index (χ1v) is 10.5. The maximum Gasteiger partial charge on any atom is 0.229 e. The molecule has 3 aromatic rings. The number of hydrogen-bond acceptors (Lipinski definition) is 5. The number of methoxy groups -OCH3 is 1. The lowest BCUT2D eigenvalue weighted by Crippen LogP contribution is -2.17. The van der Waals surface area contributed by atoms with Crippen molar-refractivity contribution in [3.05, 3.63) is 71.8 Å². The van der Waals surface area contributed by atoms with Gasteiger partial charge in [-0.3, -0.25) is 4.72 Å². The maximum absolute atomic E-state index is 11.7. The molecule has 0 radical (unpaired) electrons. The summed E-state index contributed by atoms with van der Waals surface area (Å²) in [6, 6.07) is 18.1. The van der Waals surface area contributed by atoms with Crippen LogP contribution in [0.5, 0.6) is 17.2 Å². The molecule has 28 heavy (non-hydrogen) atoms. The third kappa shape index (κ3) is 3.25. The zero-order valence-corrected chi connectivity index (χ0v) is 16.2. The van der Waals surface area contributed by atoms with Crippen LogP contribution in [0, 0.1) is 0 Å². The Morgan fingerprint density at radius 2 is 1.82 bits per heavy atom. The Morgan fingerprint density at radius 1 is 1.07 bits per heavy atom. The predicted octanol–water partition coefficient (Wildman–Crippen LogP) is 3.92. The Bertz CT molecular complexity index is 1140. The van der Waals surface area contributed by atoms with Crippen molar-refractivity contribution in [1.29, 1.82) is 0 Å². The van der Waals surface area contributed by atoms with Crippen LogP contribution in [0.2, 0.25) is 0 Å². The maximum atomic E-state index is 11.7. The molecule has 0 aliphatic carbocycles. The van der Waals surface area contributed by atoms with Crippen LogP contribution in [0.15, 0.2) is 60.7 Å². The molecule has 0 amide bonds. The summed E-state index contributed by atoms with van der Waals surface area (Å²) in [5.41, 5.74) is 3.58. The zero-order chi connectivity index (χ0) is 19.9. The van der Waals surface area contributed by atoms with Gasteiger partial charge in [0.1, 0.15) is 11.9 Å². The van der Waals surface area contributed by atoms with Gasteiger partial charge < -0.3 is 14.6 Å². The molecule has 0 saturated carbocycles. The largest absolute Gasteiger partial charge is 0.504 e. The summed E-state index contributed by atoms with van der Waals surface area (Å²) in [4.78, 5) is 0. The normalized spacial score (nSPS) is 15.1. The fourth-order valence-corrected chi connectivity index (χ4v) is 4.02. The van der Waals surface area contributed by atoms with E-state index in [4.69, 9.17) is 9.47 Å². The van der Waals surface area contributed by atoms with Crippen molar-refractivity contribution in [2.45, 2.75) is 6.10 Å². The first-order valence-electron chi connectivity index (χ1n) is 8.61. The van der Waals surface area contributed by atoms with Crippen LogP contribution in [0.1, 0.15) is 17.2 Å². The van der Waals surface area contributed by atoms with Gasteiger partial charge in [-0.05, 0) is 35.4 Å². The molecular formula is C21H19NO5S. The monoisotopic (exact) mass is 397 g/mol. The van der Waals surface area contributed by atoms with Gasteiger partial charge in [-0.2, -0.15) is 0 Å². The molecule has 1 aliphatic heterocycles. The van der Waals surface area contributed by atoms with Gasteiger partial charge in [-0.15, -0.1) is 0 Å². The van der Waals surface area contributed by atoms with Gasteiger partial charge in [0.25, 0.3) is 0 Å². The van der Waals surface area contributed by atoms with Crippen LogP contribution in [-0.4, -0.2) is 26.9 Å². The number of nitrogens with one attached hydrogen (secondary N) is 1. The number of hydrogen-bond donors (Lipinski definition) is 2. The number of ether oxygens (including phenoxy) is 2. The van der Waals surface area contributed by atoms with Gasteiger partial charge in [0, 0.05) is 11.3 Å². The first kappa shape index (κ1) is 18.2. The fourth-order valence-electron chi connectivity index (χ4n) is 3.46. The second-order valence-corrected chi connectivity index (χ2v) is 8.32. The minimum atomic E-state index is -3.42. The molecule has 7 heteroatoms. The number of benzene rings is 3. The highest BCUT2D eigenvalue weighted by atomic mass is 32.2. The molecule has 2 N–H and O–H groups in total. The molecule has 3 aromatic carbocycles. The number of anilines is 1. The average Bonchev–Trinajstić information content (AvgIpc) is 2.66. The van der Waals surface area contributed by atoms with Gasteiger partial charge >= 0.3 is 0 Å². The molecule has 1 unspecified atom stereocenters. The Hall–Kier alpha value is -3.19. The summed E-state index contributed by atoms with van der Waals surface area (Å²) in [5, 5.41) is 10.2. The van der Waals surface area contributed by atoms with Crippen molar-refractivity contribution in [3.8, 4) is 28.4 Å². The molecule has 144 valence electrons. The highest BCUT2D eigenvalue weighted by Crippen LogP contribution is 2.52. The van der Waals surface area contributed by atoms with Crippen molar-refractivity contribution < 1.29 is 23.0 Å². The number of fused-ring (bicyclic) bond motifs is 3. The molecule has 1 aliphatic rings. The smallest absolute Gasteiger partial charge is 0.229 e. The summed E-state index contributed by atoms with van der Waals surface area (Å²) < 4.78 is 37.5. The molecule has 0 bridgehead atoms. The Kier molecular flexibility index (Phi) is 4.39. The third-order valence-corrected chi connectivity index (χ3v) is 5.16. The Balaban J connectivity index is 1.95. The van der Waals surface area contributed by atoms with E-state index in [1.54, 1.807) is 18.2 Å². The summed E-state index contributed by atoms with van der Waals surface area (Å²) >= 11 is 0. The molecule has 1 heterocycles. The van der Waals surface area contributed by atoms with Crippen LogP contribution in [-0.2, 0) is 10.0 Å². The van der Waals surface area contributed by atoms with Crippen LogP contribution in [0.3, 0.4) is 0 Å². The van der Waals surface area contributed by atoms with E-state index in [1.807, 2.05) is 36.4 Å². The lowest BCUT2D eigenvalue weighted by atomic mass is 9.88. The zero-order valence-electron chi connectivity index (χ0n) is 15.3. The van der Waals surface area contributed by atoms with Gasteiger partial charge in [-0.1, -0.05) is 36.4 Å². The molecule has 6 nitrogen and oxygen atoms in total. The quantitative estimate of drug-likeness (QED) is 0.697. The van der Waals surface area contributed by atoms with E-state index < -0.39 is 16.1 Å². The molecule has 1 atom stereocenters. The van der Waals surface area contributed by atoms with Crippen LogP contribution >= 0.6 is 0 Å². The predicted molar refractivity (Wildman–Crippen MR) is 107 cm³/mol. The molecular weight excluding hydrogens is 378 g/mol. The summed E-state index contributed by atoms with van der Waals surface area (Å²) in [5.74, 6) is 0.904. The summed E-state index contributed by atoms with van der Waals surface area (Å²) in [6.45, 7) is 0. The number of phenols is 1. The number of rotatable bonds is 4. The minimum absolute atomic E-state index is 0.00676. The highest BCUT2D eigenvalue weighted by Gasteiger charge is 2.31. The highest BCUT2D eigenvalue weighted by molar-refractivity contribution is 7.92. The van der Waals surface area contributed by atoms with E-state index >= 15 is 0 Å². The van der Waals surface area contributed by atoms with E-state index in [0.29, 0.717) is 22.7 Å². The lowest BCUT2D eigenvalue weighted by molar-refractivity contribution is 0.241. The molecule has 0 fully saturated rings. The minimum Gasteiger partial charge on any atom is -0.504 e. The van der Waals surface area contributed by atoms with Crippen molar-refractivity contribution in [3.63, 3.8) is 0 Å². The van der Waals surface area contributed by atoms with E-state index in [-0.39, 0.29) is 5.75 Å². The van der Waals surface area contributed by atoms with Gasteiger partial charge in [0.2, 0.25) is 10.0 Å². The third-order valence-electron chi connectivity index (χ3n) is 4.56. The fraction of sp³-hybridized carbons (Fsp3) is 0.143. The Morgan fingerprint density at radius 3 is 2.50 bits per heavy atom. The topological polar surface area (TPSA) is 84.9 Å². The number of sulfonamides is 1. The SMILES string of the molecule is COc1c(O)ccc2c1-c1ccc(NS(C)(=O)=O)cc1C(c1ccccc1)O2. The second-order valence-electron chi connectivity index (χ2n) is 6.58. The van der Waals surface area contributed by atoms with Crippen molar-refractivity contribution in [2.75, 3.05) is 18.1 Å². The van der Waals surface area contributed by atoms with Crippen molar-refractivity contribution in [1.82, 2.24) is 0 Å². The van der Waals surface area contributed by atoms with E-state index in [2.05, 4.69) is 4.72 Å². The molecule has 4 rings (SSSR count). The van der Waals surface area contributed by atoms with Gasteiger partial charge in [0.05, 0.1) is 18.9 Å². The van der Waals surface area contributed by atoms with Gasteiger partial charge in [0.15, 0.2) is 11.5 Å². The van der Waals surface area contributed by atoms with E-state index in [0.717, 1.165) is 22.9 Å². The van der Waals surface area contributed by atoms with Gasteiger partial charge in [-0.25, -0.2) is 8.42 Å². The van der Waals surface area contributed by atoms with E-state index in [9.17, 15) is 13.5 Å². The average molecular weight is 397 g/mol. The standard InChI is InChI=1S/C21H19NO5S/c1-26-21-17(23)10-11-18-19(21)15-9-8-14(22-28(2,24)25)12-16(15)20(27-18)13-6-4-3-5-7-13/h3-12,20,22-23H,1-2H3. The summed E-state index contributed by atoms with van der Waals surface area (Å²) in [7, 11) is -1.94. The van der Waals surface area contributed by atoms with Crippen LogP contribution in [0.4, 0.5) is 5.69 Å². The molecule has 0 saturated heterocycles. The van der Waals surface area contributed by atoms with Crippen molar-refractivity contribution >= 4 is 15.7 Å². The van der Waals surface area contributed by atoms with E-state index in [1.165, 1.54) is 13.2 Å². The molecule has 0 spiro atoms. The van der Waals surface area contributed by atoms with Crippen LogP contribution in [0.25, 0.3) is 11.1 Å². The summed E-state index contributed by atoms with van der Waals surface area (Å²) in [6.07, 6.45) is 0.674. The number of aromatic hydroxyl groups is 1.